The van der Waals surface area contributed by atoms with Gasteiger partial charge < -0.3 is 23.4 Å². The van der Waals surface area contributed by atoms with Gasteiger partial charge in [0.15, 0.2) is 14.6 Å². The van der Waals surface area contributed by atoms with Gasteiger partial charge in [0, 0.05) is 17.4 Å². The van der Waals surface area contributed by atoms with Gasteiger partial charge in [-0.1, -0.05) is 70.6 Å². The van der Waals surface area contributed by atoms with Crippen LogP contribution in [0.5, 0.6) is 5.75 Å². The second-order valence-corrected chi connectivity index (χ2v) is 17.7. The third kappa shape index (κ3) is 8.65. The maximum absolute atomic E-state index is 12.9. The van der Waals surface area contributed by atoms with Crippen LogP contribution in [0.15, 0.2) is 61.2 Å². The highest BCUT2D eigenvalue weighted by Gasteiger charge is 2.45. The molecule has 1 aromatic rings. The average Bonchev–Trinajstić information content (AvgIpc) is 2.88. The summed E-state index contributed by atoms with van der Waals surface area (Å²) in [6.07, 6.45) is 5.92. The number of esters is 1. The van der Waals surface area contributed by atoms with Crippen molar-refractivity contribution in [2.24, 2.45) is 11.3 Å². The molecule has 1 fully saturated rings. The van der Waals surface area contributed by atoms with Crippen LogP contribution in [0.4, 0.5) is 0 Å². The minimum Gasteiger partial charge on any atom is -0.497 e. The van der Waals surface area contributed by atoms with Gasteiger partial charge in [-0.15, -0.1) is 13.2 Å². The highest BCUT2D eigenvalue weighted by Crippen LogP contribution is 2.44. The monoisotopic (exact) mass is 572 g/mol. The Morgan fingerprint density at radius 1 is 1.15 bits per heavy atom. The number of carbonyl (C=O) groups excluding carboxylic acids is 1. The van der Waals surface area contributed by atoms with Crippen LogP contribution in [0.2, 0.25) is 18.1 Å². The molecule has 2 rings (SSSR count). The van der Waals surface area contributed by atoms with Gasteiger partial charge in [0.25, 0.3) is 0 Å². The summed E-state index contributed by atoms with van der Waals surface area (Å²) in [5.74, 6) is 0.0768. The largest absolute Gasteiger partial charge is 0.497 e. The van der Waals surface area contributed by atoms with Crippen molar-refractivity contribution in [3.63, 3.8) is 0 Å². The molecule has 1 saturated heterocycles. The number of carbonyl (C=O) groups is 1. The third-order valence-electron chi connectivity index (χ3n) is 8.40. The lowest BCUT2D eigenvalue weighted by Gasteiger charge is -2.47. The van der Waals surface area contributed by atoms with Crippen LogP contribution in [-0.2, 0) is 23.4 Å². The highest BCUT2D eigenvalue weighted by atomic mass is 28.4. The van der Waals surface area contributed by atoms with E-state index in [1.807, 2.05) is 44.2 Å². The molecule has 1 aliphatic heterocycles. The molecule has 0 saturated carbocycles. The van der Waals surface area contributed by atoms with Crippen molar-refractivity contribution in [2.75, 3.05) is 13.7 Å². The van der Waals surface area contributed by atoms with Crippen LogP contribution in [0.25, 0.3) is 0 Å². The van der Waals surface area contributed by atoms with Crippen LogP contribution in [0.1, 0.15) is 73.2 Å². The molecule has 0 amide bonds. The second-order valence-electron chi connectivity index (χ2n) is 12.9. The van der Waals surface area contributed by atoms with E-state index >= 15 is 0 Å². The van der Waals surface area contributed by atoms with Gasteiger partial charge in [0.2, 0.25) is 0 Å². The van der Waals surface area contributed by atoms with E-state index in [2.05, 4.69) is 66.9 Å². The van der Waals surface area contributed by atoms with Crippen molar-refractivity contribution < 1.29 is 28.2 Å². The quantitative estimate of drug-likeness (QED) is 0.135. The van der Waals surface area contributed by atoms with Crippen LogP contribution >= 0.6 is 0 Å². The minimum absolute atomic E-state index is 0.0386. The van der Waals surface area contributed by atoms with Crippen LogP contribution < -0.4 is 4.74 Å². The van der Waals surface area contributed by atoms with Crippen molar-refractivity contribution in [1.29, 1.82) is 0 Å². The fourth-order valence-electron chi connectivity index (χ4n) is 4.32. The molecule has 0 N–H and O–H groups in total. The van der Waals surface area contributed by atoms with Crippen LogP contribution in [-0.4, -0.2) is 46.3 Å². The zero-order chi connectivity index (χ0) is 30.3. The number of ether oxygens (including phenoxy) is 4. The first-order valence-corrected chi connectivity index (χ1v) is 17.2. The molecule has 1 aromatic carbocycles. The topological polar surface area (TPSA) is 63.2 Å². The molecule has 224 valence electrons. The lowest BCUT2D eigenvalue weighted by atomic mass is 9.77. The molecule has 0 aliphatic carbocycles. The molecule has 0 bridgehead atoms. The molecule has 0 radical (unpaired) electrons. The lowest BCUT2D eigenvalue weighted by molar-refractivity contribution is -0.285. The number of methoxy groups -OCH3 is 1. The molecular formula is C33H52O6Si. The van der Waals surface area contributed by atoms with E-state index in [0.29, 0.717) is 12.8 Å². The summed E-state index contributed by atoms with van der Waals surface area (Å²) in [6, 6.07) is 7.74. The fraction of sp³-hybridized carbons (Fsp3) is 0.606. The average molecular weight is 573 g/mol. The first-order chi connectivity index (χ1) is 18.6. The Balaban J connectivity index is 2.07. The summed E-state index contributed by atoms with van der Waals surface area (Å²) < 4.78 is 30.3. The second kappa shape index (κ2) is 14.1. The van der Waals surface area contributed by atoms with Crippen molar-refractivity contribution in [3.8, 4) is 5.75 Å². The summed E-state index contributed by atoms with van der Waals surface area (Å²) >= 11 is 0. The van der Waals surface area contributed by atoms with E-state index in [1.54, 1.807) is 13.2 Å². The van der Waals surface area contributed by atoms with Crippen molar-refractivity contribution in [1.82, 2.24) is 0 Å². The molecule has 0 spiro atoms. The summed E-state index contributed by atoms with van der Waals surface area (Å²) in [7, 11) is -0.411. The summed E-state index contributed by atoms with van der Waals surface area (Å²) in [4.78, 5) is 12.9. The Kier molecular flexibility index (Phi) is 12.0. The van der Waals surface area contributed by atoms with E-state index in [0.717, 1.165) is 16.9 Å². The standard InChI is InChI=1S/C33H52O6Si/c1-13-15-28-33(8,9)29(38-31(37-28)25-16-18-26(35-10)19-17-25)22-23(3)20-21-36-30(34)24(4)27(14-2)39-40(11,12)32(5,6)7/h13-14,16-19,22,24,27-29,31H,1-2,15,20-21H2,3-12H3/b23-22+/t24?,27-,28-,29?,31?/m1/s1. The predicted molar refractivity (Wildman–Crippen MR) is 165 cm³/mol. The van der Waals surface area contributed by atoms with Gasteiger partial charge >= 0.3 is 5.97 Å². The fourth-order valence-corrected chi connectivity index (χ4v) is 5.66. The first-order valence-electron chi connectivity index (χ1n) is 14.3. The van der Waals surface area contributed by atoms with Gasteiger partial charge in [0.05, 0.1) is 37.9 Å². The highest BCUT2D eigenvalue weighted by molar-refractivity contribution is 6.74. The zero-order valence-corrected chi connectivity index (χ0v) is 27.4. The predicted octanol–water partition coefficient (Wildman–Crippen LogP) is 8.17. The normalized spacial score (nSPS) is 23.1. The van der Waals surface area contributed by atoms with Gasteiger partial charge in [0.1, 0.15) is 5.75 Å². The number of hydrogen-bond donors (Lipinski definition) is 0. The zero-order valence-electron chi connectivity index (χ0n) is 26.4. The van der Waals surface area contributed by atoms with Crippen molar-refractivity contribution in [2.45, 2.75) is 104 Å². The number of benzene rings is 1. The molecule has 1 aliphatic rings. The Bertz CT molecular complexity index is 1020. The molecule has 7 heteroatoms. The van der Waals surface area contributed by atoms with Crippen molar-refractivity contribution in [3.05, 3.63) is 66.8 Å². The van der Waals surface area contributed by atoms with Crippen molar-refractivity contribution >= 4 is 14.3 Å². The Morgan fingerprint density at radius 3 is 2.30 bits per heavy atom. The molecule has 0 aromatic heterocycles. The van der Waals surface area contributed by atoms with Gasteiger partial charge in [-0.2, -0.15) is 0 Å². The Morgan fingerprint density at radius 2 is 1.77 bits per heavy atom. The SMILES string of the molecule is C=CC[C@H]1OC(c2ccc(OC)cc2)OC(/C=C(\C)CCOC(=O)C(C)[C@@H](C=C)O[Si](C)(C)C(C)(C)C)C1(C)C. The van der Waals surface area contributed by atoms with Gasteiger partial charge in [-0.05, 0) is 50.5 Å². The lowest BCUT2D eigenvalue weighted by Crippen LogP contribution is -2.48. The molecular weight excluding hydrogens is 520 g/mol. The van der Waals surface area contributed by atoms with E-state index in [9.17, 15) is 4.79 Å². The molecule has 40 heavy (non-hydrogen) atoms. The maximum atomic E-state index is 12.9. The third-order valence-corrected chi connectivity index (χ3v) is 12.9. The Hall–Kier alpha value is -2.19. The van der Waals surface area contributed by atoms with Crippen LogP contribution in [0, 0.1) is 11.3 Å². The van der Waals surface area contributed by atoms with E-state index < -0.39 is 20.5 Å². The molecule has 1 heterocycles. The number of hydrogen-bond acceptors (Lipinski definition) is 6. The van der Waals surface area contributed by atoms with Gasteiger partial charge in [-0.3, -0.25) is 4.79 Å². The molecule has 3 unspecified atom stereocenters. The maximum Gasteiger partial charge on any atom is 0.311 e. The first kappa shape index (κ1) is 34.0. The van der Waals surface area contributed by atoms with E-state index in [4.69, 9.17) is 23.4 Å². The minimum atomic E-state index is -2.06. The Labute approximate surface area is 243 Å². The summed E-state index contributed by atoms with van der Waals surface area (Å²) in [5.41, 5.74) is 1.73. The summed E-state index contributed by atoms with van der Waals surface area (Å²) in [5, 5.41) is 0.0386. The summed E-state index contributed by atoms with van der Waals surface area (Å²) in [6.45, 7) is 27.2. The van der Waals surface area contributed by atoms with Crippen LogP contribution in [0.3, 0.4) is 0 Å². The smallest absolute Gasteiger partial charge is 0.311 e. The number of rotatable bonds is 13. The molecule has 6 nitrogen and oxygen atoms in total. The van der Waals surface area contributed by atoms with E-state index in [1.165, 1.54) is 0 Å². The van der Waals surface area contributed by atoms with E-state index in [-0.39, 0.29) is 41.3 Å². The molecule has 5 atom stereocenters. The van der Waals surface area contributed by atoms with Gasteiger partial charge in [-0.25, -0.2) is 0 Å².